The minimum Gasteiger partial charge on any atom is -0.383 e. The van der Waals surface area contributed by atoms with Gasteiger partial charge in [-0.3, -0.25) is 18.2 Å². The van der Waals surface area contributed by atoms with Gasteiger partial charge in [-0.25, -0.2) is 14.2 Å². The number of hydrogen-bond donors (Lipinski definition) is 3. The van der Waals surface area contributed by atoms with E-state index in [-0.39, 0.29) is 24.8 Å². The average Bonchev–Trinajstić information content (AvgIpc) is 3.41. The predicted molar refractivity (Wildman–Crippen MR) is 114 cm³/mol. The Hall–Kier alpha value is -2.61. The van der Waals surface area contributed by atoms with Crippen molar-refractivity contribution in [3.05, 3.63) is 45.5 Å². The molecule has 2 aromatic rings. The van der Waals surface area contributed by atoms with Crippen LogP contribution >= 0.6 is 7.82 Å². The number of phosphoric acid groups is 1. The summed E-state index contributed by atoms with van der Waals surface area (Å²) in [4.78, 5) is 41.1. The number of nitrogen functional groups attached to an aromatic ring is 2. The van der Waals surface area contributed by atoms with E-state index in [1.54, 1.807) is 0 Å². The molecule has 0 bridgehead atoms. The summed E-state index contributed by atoms with van der Waals surface area (Å²) in [6.45, 7) is -0.385. The summed E-state index contributed by atoms with van der Waals surface area (Å²) in [7, 11) is -4.37. The summed E-state index contributed by atoms with van der Waals surface area (Å²) in [5.74, 6) is 0.226. The Morgan fingerprint density at radius 1 is 0.909 bits per heavy atom. The first-order chi connectivity index (χ1) is 15.7. The molecule has 0 aromatic carbocycles. The summed E-state index contributed by atoms with van der Waals surface area (Å²) in [5, 5.41) is 0. The lowest BCUT2D eigenvalue weighted by atomic mass is 10.2. The topological polar surface area (TPSA) is 196 Å². The zero-order valence-electron chi connectivity index (χ0n) is 17.6. The third-order valence-electron chi connectivity index (χ3n) is 5.34. The molecule has 0 radical (unpaired) electrons. The van der Waals surface area contributed by atoms with E-state index >= 15 is 0 Å². The van der Waals surface area contributed by atoms with Crippen molar-refractivity contribution in [3.63, 3.8) is 0 Å². The van der Waals surface area contributed by atoms with Gasteiger partial charge in [-0.2, -0.15) is 9.97 Å². The van der Waals surface area contributed by atoms with Crippen LogP contribution < -0.4 is 22.8 Å². The van der Waals surface area contributed by atoms with Gasteiger partial charge in [0, 0.05) is 12.4 Å². The monoisotopic (exact) mass is 484 g/mol. The molecule has 0 saturated carbocycles. The molecule has 2 fully saturated rings. The highest BCUT2D eigenvalue weighted by molar-refractivity contribution is 7.47. The quantitative estimate of drug-likeness (QED) is 0.430. The molecule has 15 heteroatoms. The van der Waals surface area contributed by atoms with E-state index in [9.17, 15) is 19.0 Å². The minimum absolute atomic E-state index is 0.113. The Bertz CT molecular complexity index is 1070. The van der Waals surface area contributed by atoms with E-state index in [1.807, 2.05) is 0 Å². The van der Waals surface area contributed by atoms with Crippen molar-refractivity contribution in [2.45, 2.75) is 50.3 Å². The summed E-state index contributed by atoms with van der Waals surface area (Å²) in [5.41, 5.74) is 9.89. The number of anilines is 2. The summed E-state index contributed by atoms with van der Waals surface area (Å²) >= 11 is 0. The van der Waals surface area contributed by atoms with E-state index in [4.69, 9.17) is 30.0 Å². The second-order valence-electron chi connectivity index (χ2n) is 7.72. The molecular weight excluding hydrogens is 459 g/mol. The van der Waals surface area contributed by atoms with Gasteiger partial charge in [0.15, 0.2) is 0 Å². The molecule has 0 amide bonds. The van der Waals surface area contributed by atoms with Crippen molar-refractivity contribution < 1.29 is 28.0 Å². The standard InChI is InChI=1S/C18H25N6O8P/c19-13-5-7-23(17(25)21-13)15-3-1-11(31-15)9-29-33(27,28)30-10-12-2-4-16(32-12)24-8-6-14(20)22-18(24)26/h5-8,11-12,15-16H,1-4,9-10H2,(H,27,28)(H2,19,21,25)(H2,20,22,26)/t11-,12?,15+,16?/m0/s1. The van der Waals surface area contributed by atoms with Gasteiger partial charge < -0.3 is 25.8 Å². The number of hydrogen-bond acceptors (Lipinski definition) is 11. The molecule has 2 aliphatic rings. The Morgan fingerprint density at radius 2 is 1.33 bits per heavy atom. The van der Waals surface area contributed by atoms with Crippen LogP contribution in [-0.4, -0.2) is 49.4 Å². The number of nitrogens with two attached hydrogens (primary N) is 2. The van der Waals surface area contributed by atoms with Crippen LogP contribution in [0.25, 0.3) is 0 Å². The molecule has 180 valence electrons. The molecule has 0 aliphatic carbocycles. The molecule has 2 aromatic heterocycles. The first-order valence-corrected chi connectivity index (χ1v) is 11.8. The minimum atomic E-state index is -4.37. The molecule has 2 saturated heterocycles. The van der Waals surface area contributed by atoms with Gasteiger partial charge >= 0.3 is 19.2 Å². The van der Waals surface area contributed by atoms with Crippen LogP contribution in [0.3, 0.4) is 0 Å². The van der Waals surface area contributed by atoms with Gasteiger partial charge in [0.1, 0.15) is 24.1 Å². The van der Waals surface area contributed by atoms with E-state index in [0.717, 1.165) is 0 Å². The van der Waals surface area contributed by atoms with Crippen LogP contribution in [0.4, 0.5) is 11.6 Å². The van der Waals surface area contributed by atoms with Crippen LogP contribution in [-0.2, 0) is 23.1 Å². The van der Waals surface area contributed by atoms with Crippen molar-refractivity contribution in [2.75, 3.05) is 24.7 Å². The zero-order chi connectivity index (χ0) is 23.6. The van der Waals surface area contributed by atoms with E-state index in [2.05, 4.69) is 9.97 Å². The lowest BCUT2D eigenvalue weighted by Crippen LogP contribution is -2.28. The fourth-order valence-electron chi connectivity index (χ4n) is 3.71. The Balaban J connectivity index is 1.23. The van der Waals surface area contributed by atoms with Crippen molar-refractivity contribution in [2.24, 2.45) is 0 Å². The number of rotatable bonds is 8. The number of aromatic nitrogens is 4. The highest BCUT2D eigenvalue weighted by atomic mass is 31.2. The van der Waals surface area contributed by atoms with Crippen molar-refractivity contribution in [3.8, 4) is 0 Å². The van der Waals surface area contributed by atoms with Gasteiger partial charge in [-0.1, -0.05) is 0 Å². The van der Waals surface area contributed by atoms with Crippen LogP contribution in [0.5, 0.6) is 0 Å². The number of phosphoric ester groups is 1. The SMILES string of the molecule is Nc1ccn(C2CCC(COP(=O)(O)OC[C@@H]3CC[C@H](n4ccc(N)nc4=O)O3)O2)c(=O)n1. The van der Waals surface area contributed by atoms with E-state index < -0.39 is 43.9 Å². The summed E-state index contributed by atoms with van der Waals surface area (Å²) in [6.07, 6.45) is 2.89. The second-order valence-corrected chi connectivity index (χ2v) is 9.18. The van der Waals surface area contributed by atoms with Crippen molar-refractivity contribution in [1.82, 2.24) is 19.1 Å². The van der Waals surface area contributed by atoms with Crippen LogP contribution in [0.15, 0.2) is 34.1 Å². The van der Waals surface area contributed by atoms with E-state index in [1.165, 1.54) is 33.7 Å². The Labute approximate surface area is 187 Å². The molecule has 14 nitrogen and oxygen atoms in total. The molecule has 2 aliphatic heterocycles. The predicted octanol–water partition coefficient (Wildman–Crippen LogP) is 0.153. The Kier molecular flexibility index (Phi) is 6.93. The van der Waals surface area contributed by atoms with Crippen LogP contribution in [0, 0.1) is 0 Å². The third kappa shape index (κ3) is 5.85. The maximum absolute atomic E-state index is 12.3. The molecular formula is C18H25N6O8P. The Morgan fingerprint density at radius 3 is 1.73 bits per heavy atom. The molecule has 33 heavy (non-hydrogen) atoms. The third-order valence-corrected chi connectivity index (χ3v) is 6.29. The zero-order valence-corrected chi connectivity index (χ0v) is 18.5. The summed E-state index contributed by atoms with van der Waals surface area (Å²) < 4.78 is 36.4. The maximum Gasteiger partial charge on any atom is 0.472 e. The number of nitrogens with zero attached hydrogens (tertiary/aromatic N) is 4. The first-order valence-electron chi connectivity index (χ1n) is 10.3. The van der Waals surface area contributed by atoms with Crippen LogP contribution in [0.2, 0.25) is 0 Å². The fourth-order valence-corrected chi connectivity index (χ4v) is 4.49. The first kappa shape index (κ1) is 23.5. The lowest BCUT2D eigenvalue weighted by Gasteiger charge is -2.19. The second kappa shape index (κ2) is 9.71. The smallest absolute Gasteiger partial charge is 0.383 e. The normalized spacial score (nSPS) is 26.9. The maximum atomic E-state index is 12.3. The van der Waals surface area contributed by atoms with Gasteiger partial charge in [-0.05, 0) is 37.8 Å². The molecule has 4 heterocycles. The molecule has 4 rings (SSSR count). The van der Waals surface area contributed by atoms with Gasteiger partial charge in [0.2, 0.25) is 0 Å². The number of ether oxygens (including phenoxy) is 2. The average molecular weight is 484 g/mol. The van der Waals surface area contributed by atoms with E-state index in [0.29, 0.717) is 25.7 Å². The lowest BCUT2D eigenvalue weighted by molar-refractivity contribution is -0.0374. The van der Waals surface area contributed by atoms with Gasteiger partial charge in [0.05, 0.1) is 25.4 Å². The molecule has 5 atom stereocenters. The fraction of sp³-hybridized carbons (Fsp3) is 0.556. The molecule has 0 spiro atoms. The summed E-state index contributed by atoms with van der Waals surface area (Å²) in [6, 6.07) is 2.97. The van der Waals surface area contributed by atoms with Gasteiger partial charge in [-0.15, -0.1) is 0 Å². The van der Waals surface area contributed by atoms with Crippen molar-refractivity contribution in [1.29, 1.82) is 0 Å². The molecule has 3 unspecified atom stereocenters. The van der Waals surface area contributed by atoms with Crippen molar-refractivity contribution >= 4 is 19.5 Å². The highest BCUT2D eigenvalue weighted by Crippen LogP contribution is 2.45. The highest BCUT2D eigenvalue weighted by Gasteiger charge is 2.33. The van der Waals surface area contributed by atoms with Crippen LogP contribution in [0.1, 0.15) is 38.1 Å². The largest absolute Gasteiger partial charge is 0.472 e. The van der Waals surface area contributed by atoms with Gasteiger partial charge in [0.25, 0.3) is 0 Å². The molecule has 5 N–H and O–H groups in total.